The fourth-order valence-electron chi connectivity index (χ4n) is 2.12. The third kappa shape index (κ3) is 4.40. The van der Waals surface area contributed by atoms with Crippen LogP contribution in [0.25, 0.3) is 11.1 Å². The van der Waals surface area contributed by atoms with E-state index in [0.29, 0.717) is 12.1 Å². The van der Waals surface area contributed by atoms with Gasteiger partial charge in [-0.1, -0.05) is 24.3 Å². The van der Waals surface area contributed by atoms with Crippen LogP contribution in [0.5, 0.6) is 0 Å². The molecule has 0 aromatic heterocycles. The van der Waals surface area contributed by atoms with Crippen molar-refractivity contribution in [1.82, 2.24) is 0 Å². The molecule has 0 saturated heterocycles. The fraction of sp³-hybridized carbons (Fsp3) is 0.200. The van der Waals surface area contributed by atoms with Gasteiger partial charge in [-0.05, 0) is 29.3 Å². The number of halogens is 6. The van der Waals surface area contributed by atoms with Crippen molar-refractivity contribution in [3.05, 3.63) is 59.2 Å². The van der Waals surface area contributed by atoms with Gasteiger partial charge in [-0.3, -0.25) is 0 Å². The quantitative estimate of drug-likeness (QED) is 0.488. The van der Waals surface area contributed by atoms with Crippen molar-refractivity contribution >= 4 is 10.5 Å². The first-order valence-corrected chi connectivity index (χ1v) is 7.56. The molecule has 2 N–H and O–H groups in total. The van der Waals surface area contributed by atoms with Crippen molar-refractivity contribution in [2.45, 2.75) is 18.3 Å². The molecule has 136 valence electrons. The Morgan fingerprint density at radius 1 is 0.680 bits per heavy atom. The van der Waals surface area contributed by atoms with E-state index in [0.717, 1.165) is 12.1 Å². The van der Waals surface area contributed by atoms with E-state index in [2.05, 4.69) is 4.43 Å². The van der Waals surface area contributed by atoms with Crippen molar-refractivity contribution < 1.29 is 41.0 Å². The van der Waals surface area contributed by atoms with E-state index >= 15 is 0 Å². The van der Waals surface area contributed by atoms with Crippen LogP contribution in [0.4, 0.5) is 26.3 Å². The lowest BCUT2D eigenvalue weighted by molar-refractivity contribution is -0.303. The average Bonchev–Trinajstić information content (AvgIpc) is 2.53. The zero-order valence-electron chi connectivity index (χ0n) is 12.6. The molecule has 3 nitrogen and oxygen atoms in total. The summed E-state index contributed by atoms with van der Waals surface area (Å²) in [6.07, 6.45) is -9.88. The highest BCUT2D eigenvalue weighted by Crippen LogP contribution is 2.38. The molecule has 0 atom stereocenters. The molecule has 0 aliphatic heterocycles. The third-order valence-electron chi connectivity index (χ3n) is 3.47. The Morgan fingerprint density at radius 3 is 1.48 bits per heavy atom. The van der Waals surface area contributed by atoms with Gasteiger partial charge >= 0.3 is 12.4 Å². The van der Waals surface area contributed by atoms with Crippen LogP contribution in [0.15, 0.2) is 42.5 Å². The van der Waals surface area contributed by atoms with Gasteiger partial charge < -0.3 is 14.6 Å². The lowest BCUT2D eigenvalue weighted by atomic mass is 9.98. The molecule has 2 rings (SSSR count). The van der Waals surface area contributed by atoms with E-state index in [1.807, 2.05) is 0 Å². The number of hydrogen-bond acceptors (Lipinski definition) is 3. The first-order valence-electron chi connectivity index (χ1n) is 6.75. The summed E-state index contributed by atoms with van der Waals surface area (Å²) < 4.78 is 81.8. The molecular weight excluding hydrogens is 370 g/mol. The molecule has 0 radical (unpaired) electrons. The Hall–Kier alpha value is -1.88. The lowest BCUT2D eigenvalue weighted by Gasteiger charge is -2.20. The van der Waals surface area contributed by atoms with Gasteiger partial charge in [-0.2, -0.15) is 26.3 Å². The SMILES string of the molecule is OC(O)(O[SiH3])c1ccc(-c2cc(C(F)(F)F)cc(C(F)(F)F)c2)cc1. The molecule has 10 heteroatoms. The minimum absolute atomic E-state index is 0.00718. The molecule has 0 heterocycles. The lowest BCUT2D eigenvalue weighted by Crippen LogP contribution is -2.27. The van der Waals surface area contributed by atoms with E-state index in [1.165, 1.54) is 12.1 Å². The second-order valence-corrected chi connectivity index (χ2v) is 5.59. The van der Waals surface area contributed by atoms with Gasteiger partial charge in [0.25, 0.3) is 5.97 Å². The predicted molar refractivity (Wildman–Crippen MR) is 79.0 cm³/mol. The van der Waals surface area contributed by atoms with Gasteiger partial charge in [0, 0.05) is 5.56 Å². The number of alkyl halides is 6. The maximum Gasteiger partial charge on any atom is 0.416 e. The first kappa shape index (κ1) is 19.4. The maximum absolute atomic E-state index is 12.9. The highest BCUT2D eigenvalue weighted by Gasteiger charge is 2.37. The number of aliphatic hydroxyl groups is 2. The van der Waals surface area contributed by atoms with Gasteiger partial charge in [0.1, 0.15) is 0 Å². The van der Waals surface area contributed by atoms with Crippen LogP contribution < -0.4 is 0 Å². The molecule has 0 saturated carbocycles. The molecule has 2 aromatic carbocycles. The van der Waals surface area contributed by atoms with Crippen molar-refractivity contribution in [2.24, 2.45) is 0 Å². The van der Waals surface area contributed by atoms with Crippen LogP contribution in [0.2, 0.25) is 0 Å². The van der Waals surface area contributed by atoms with Gasteiger partial charge in [0.05, 0.1) is 11.1 Å². The first-order chi connectivity index (χ1) is 11.3. The van der Waals surface area contributed by atoms with Crippen LogP contribution in [0.3, 0.4) is 0 Å². The number of benzene rings is 2. The smallest absolute Gasteiger partial charge is 0.377 e. The van der Waals surface area contributed by atoms with Crippen LogP contribution in [0, 0.1) is 0 Å². The Labute approximate surface area is 141 Å². The van der Waals surface area contributed by atoms with E-state index < -0.39 is 29.5 Å². The maximum atomic E-state index is 12.9. The molecule has 0 unspecified atom stereocenters. The summed E-state index contributed by atoms with van der Waals surface area (Å²) in [5.74, 6) is -2.56. The summed E-state index contributed by atoms with van der Waals surface area (Å²) in [7, 11) is -0.00718. The Bertz CT molecular complexity index is 721. The zero-order valence-corrected chi connectivity index (χ0v) is 14.6. The Morgan fingerprint density at radius 2 is 1.12 bits per heavy atom. The van der Waals surface area contributed by atoms with Gasteiger partial charge in [-0.25, -0.2) is 0 Å². The number of rotatable bonds is 3. The van der Waals surface area contributed by atoms with Gasteiger partial charge in [0.15, 0.2) is 10.5 Å². The minimum Gasteiger partial charge on any atom is -0.377 e. The summed E-state index contributed by atoms with van der Waals surface area (Å²) in [5.41, 5.74) is -3.22. The van der Waals surface area contributed by atoms with E-state index in [1.54, 1.807) is 0 Å². The molecule has 0 spiro atoms. The van der Waals surface area contributed by atoms with E-state index in [-0.39, 0.29) is 33.2 Å². The van der Waals surface area contributed by atoms with Crippen molar-refractivity contribution in [3.63, 3.8) is 0 Å². The second kappa shape index (κ2) is 6.45. The highest BCUT2D eigenvalue weighted by atomic mass is 28.2. The highest BCUT2D eigenvalue weighted by molar-refractivity contribution is 5.98. The van der Waals surface area contributed by atoms with Crippen LogP contribution in [-0.2, 0) is 22.8 Å². The molecule has 2 aromatic rings. The monoisotopic (exact) mass is 382 g/mol. The summed E-state index contributed by atoms with van der Waals surface area (Å²) in [5, 5.41) is 19.1. The predicted octanol–water partition coefficient (Wildman–Crippen LogP) is 2.78. The Kier molecular flexibility index (Phi) is 5.01. The number of hydrogen-bond donors (Lipinski definition) is 2. The molecular formula is C15H12F6O3Si. The van der Waals surface area contributed by atoms with Crippen molar-refractivity contribution in [2.75, 3.05) is 0 Å². The van der Waals surface area contributed by atoms with Gasteiger partial charge in [-0.15, -0.1) is 0 Å². The molecule has 0 fully saturated rings. The topological polar surface area (TPSA) is 49.7 Å². The fourth-order valence-corrected chi connectivity index (χ4v) is 2.35. The van der Waals surface area contributed by atoms with E-state index in [4.69, 9.17) is 0 Å². The zero-order chi connectivity index (χ0) is 19.0. The summed E-state index contributed by atoms with van der Waals surface area (Å²) in [6.45, 7) is 0. The van der Waals surface area contributed by atoms with Crippen LogP contribution >= 0.6 is 0 Å². The Balaban J connectivity index is 2.55. The molecule has 25 heavy (non-hydrogen) atoms. The summed E-state index contributed by atoms with van der Waals surface area (Å²) >= 11 is 0. The van der Waals surface area contributed by atoms with Crippen LogP contribution in [0.1, 0.15) is 16.7 Å². The average molecular weight is 382 g/mol. The molecule has 0 aliphatic rings. The minimum atomic E-state index is -4.94. The largest absolute Gasteiger partial charge is 0.416 e. The molecule has 0 aliphatic carbocycles. The summed E-state index contributed by atoms with van der Waals surface area (Å²) in [6, 6.07) is 5.86. The standard InChI is InChI=1S/C15H12F6O3Si/c16-13(17,18)11-5-9(6-12(7-11)14(19,20)21)8-1-3-10(4-2-8)15(22,23)24-25/h1-7,22-23H,25H3. The van der Waals surface area contributed by atoms with Gasteiger partial charge in [0.2, 0.25) is 0 Å². The summed E-state index contributed by atoms with van der Waals surface area (Å²) in [4.78, 5) is 0. The third-order valence-corrected chi connectivity index (χ3v) is 4.04. The van der Waals surface area contributed by atoms with Crippen molar-refractivity contribution in [3.8, 4) is 11.1 Å². The van der Waals surface area contributed by atoms with E-state index in [9.17, 15) is 36.6 Å². The molecule has 0 amide bonds. The van der Waals surface area contributed by atoms with Crippen LogP contribution in [-0.4, -0.2) is 20.7 Å². The normalized spacial score (nSPS) is 13.3. The van der Waals surface area contributed by atoms with Crippen molar-refractivity contribution in [1.29, 1.82) is 0 Å². The molecule has 0 bridgehead atoms. The second-order valence-electron chi connectivity index (χ2n) is 5.18.